The van der Waals surface area contributed by atoms with E-state index in [0.29, 0.717) is 27.6 Å². The molecule has 0 aliphatic heterocycles. The van der Waals surface area contributed by atoms with Gasteiger partial charge in [-0.25, -0.2) is 4.79 Å². The third kappa shape index (κ3) is 3.83. The molecule has 1 aromatic heterocycles. The van der Waals surface area contributed by atoms with Gasteiger partial charge in [0.15, 0.2) is 5.75 Å². The Bertz CT molecular complexity index is 1180. The number of aromatic nitrogens is 2. The molecule has 3 aromatic rings. The van der Waals surface area contributed by atoms with Crippen LogP contribution in [0.15, 0.2) is 57.2 Å². The number of H-pyrrole nitrogens is 1. The van der Waals surface area contributed by atoms with E-state index >= 15 is 0 Å². The number of rotatable bonds is 6. The summed E-state index contributed by atoms with van der Waals surface area (Å²) < 4.78 is 6.24. The molecule has 9 nitrogen and oxygen atoms in total. The van der Waals surface area contributed by atoms with Crippen LogP contribution >= 0.6 is 0 Å². The van der Waals surface area contributed by atoms with E-state index in [4.69, 9.17) is 4.74 Å². The van der Waals surface area contributed by atoms with E-state index in [9.17, 15) is 19.7 Å². The first kappa shape index (κ1) is 19.0. The minimum atomic E-state index is -0.703. The van der Waals surface area contributed by atoms with Crippen molar-refractivity contribution in [3.05, 3.63) is 79.0 Å². The Morgan fingerprint density at radius 3 is 2.75 bits per heavy atom. The summed E-state index contributed by atoms with van der Waals surface area (Å²) in [6.07, 6.45) is 1.74. The Hall–Kier alpha value is -3.75. The van der Waals surface area contributed by atoms with Crippen LogP contribution < -0.4 is 16.0 Å². The van der Waals surface area contributed by atoms with Crippen LogP contribution in [0.2, 0.25) is 0 Å². The van der Waals surface area contributed by atoms with Crippen molar-refractivity contribution in [1.29, 1.82) is 0 Å². The number of fused-ring (bicyclic) bond motifs is 1. The fourth-order valence-electron chi connectivity index (χ4n) is 2.54. The molecular formula is C19H18N4O5. The molecule has 0 radical (unpaired) electrons. The summed E-state index contributed by atoms with van der Waals surface area (Å²) in [5.41, 5.74) is -0.745. The van der Waals surface area contributed by atoms with Gasteiger partial charge in [-0.1, -0.05) is 19.1 Å². The zero-order valence-corrected chi connectivity index (χ0v) is 15.3. The number of ether oxygens (including phenoxy) is 1. The SMILES string of the molecule is CCC(C)Oc1ccc(C=Nn2c(=O)[nH]c3ccccc3c2=O)cc1[N+](=O)[O-]. The summed E-state index contributed by atoms with van der Waals surface area (Å²) in [4.78, 5) is 37.9. The molecule has 0 amide bonds. The van der Waals surface area contributed by atoms with Crippen molar-refractivity contribution >= 4 is 22.8 Å². The molecule has 0 saturated heterocycles. The second-order valence-corrected chi connectivity index (χ2v) is 6.16. The number of nitro benzene ring substituents is 1. The largest absolute Gasteiger partial charge is 0.484 e. The fraction of sp³-hybridized carbons (Fsp3) is 0.211. The summed E-state index contributed by atoms with van der Waals surface area (Å²) in [7, 11) is 0. The lowest BCUT2D eigenvalue weighted by Gasteiger charge is -2.12. The molecule has 2 aromatic carbocycles. The molecule has 144 valence electrons. The van der Waals surface area contributed by atoms with Crippen molar-refractivity contribution < 1.29 is 9.66 Å². The van der Waals surface area contributed by atoms with Crippen LogP contribution in [0.3, 0.4) is 0 Å². The summed E-state index contributed by atoms with van der Waals surface area (Å²) in [6.45, 7) is 3.73. The third-order valence-corrected chi connectivity index (χ3v) is 4.19. The lowest BCUT2D eigenvalue weighted by molar-refractivity contribution is -0.386. The monoisotopic (exact) mass is 382 g/mol. The number of nitrogens with zero attached hydrogens (tertiary/aromatic N) is 3. The van der Waals surface area contributed by atoms with Gasteiger partial charge in [0.05, 0.1) is 28.1 Å². The first-order chi connectivity index (χ1) is 13.4. The molecule has 0 fully saturated rings. The van der Waals surface area contributed by atoms with Crippen LogP contribution in [0.5, 0.6) is 5.75 Å². The molecule has 28 heavy (non-hydrogen) atoms. The number of hydrogen-bond acceptors (Lipinski definition) is 6. The molecule has 9 heteroatoms. The summed E-state index contributed by atoms with van der Waals surface area (Å²) in [6, 6.07) is 10.9. The molecule has 1 unspecified atom stereocenters. The third-order valence-electron chi connectivity index (χ3n) is 4.19. The van der Waals surface area contributed by atoms with E-state index in [1.807, 2.05) is 13.8 Å². The maximum absolute atomic E-state index is 12.5. The number of nitro groups is 1. The maximum Gasteiger partial charge on any atom is 0.349 e. The summed E-state index contributed by atoms with van der Waals surface area (Å²) >= 11 is 0. The normalized spacial score (nSPS) is 12.4. The lowest BCUT2D eigenvalue weighted by atomic mass is 10.2. The Kier molecular flexibility index (Phi) is 5.35. The molecule has 0 aliphatic carbocycles. The molecule has 1 N–H and O–H groups in total. The molecule has 0 bridgehead atoms. The van der Waals surface area contributed by atoms with Crippen LogP contribution in [-0.2, 0) is 0 Å². The first-order valence-electron chi connectivity index (χ1n) is 8.64. The fourth-order valence-corrected chi connectivity index (χ4v) is 2.54. The van der Waals surface area contributed by atoms with Crippen molar-refractivity contribution in [2.45, 2.75) is 26.4 Å². The van der Waals surface area contributed by atoms with Crippen molar-refractivity contribution in [3.63, 3.8) is 0 Å². The molecule has 0 spiro atoms. The highest BCUT2D eigenvalue weighted by Crippen LogP contribution is 2.28. The molecule has 3 rings (SSSR count). The van der Waals surface area contributed by atoms with Gasteiger partial charge in [-0.15, -0.1) is 4.68 Å². The Labute approximate surface area is 159 Å². The predicted octanol–water partition coefficient (Wildman–Crippen LogP) is 2.66. The zero-order chi connectivity index (χ0) is 20.3. The minimum absolute atomic E-state index is 0.150. The zero-order valence-electron chi connectivity index (χ0n) is 15.3. The highest BCUT2D eigenvalue weighted by atomic mass is 16.6. The highest BCUT2D eigenvalue weighted by molar-refractivity contribution is 5.82. The number of nitrogens with one attached hydrogen (secondary N) is 1. The van der Waals surface area contributed by atoms with Gasteiger partial charge >= 0.3 is 11.4 Å². The number of aromatic amines is 1. The second kappa shape index (κ2) is 7.87. The molecule has 0 aliphatic rings. The average Bonchev–Trinajstić information content (AvgIpc) is 2.68. The van der Waals surface area contributed by atoms with Gasteiger partial charge in [0.25, 0.3) is 5.56 Å². The topological polar surface area (TPSA) is 120 Å². The first-order valence-corrected chi connectivity index (χ1v) is 8.64. The van der Waals surface area contributed by atoms with E-state index in [2.05, 4.69) is 10.1 Å². The van der Waals surface area contributed by atoms with Crippen molar-refractivity contribution in [1.82, 2.24) is 9.66 Å². The van der Waals surface area contributed by atoms with Crippen LogP contribution in [0.4, 0.5) is 5.69 Å². The lowest BCUT2D eigenvalue weighted by Crippen LogP contribution is -2.32. The quantitative estimate of drug-likeness (QED) is 0.399. The van der Waals surface area contributed by atoms with Crippen molar-refractivity contribution in [2.75, 3.05) is 0 Å². The van der Waals surface area contributed by atoms with E-state index < -0.39 is 16.2 Å². The van der Waals surface area contributed by atoms with E-state index in [0.717, 1.165) is 0 Å². The number of benzene rings is 2. The van der Waals surface area contributed by atoms with Crippen LogP contribution in [0.25, 0.3) is 10.9 Å². The standard InChI is InChI=1S/C19H18N4O5/c1-3-12(2)28-17-9-8-13(10-16(17)23(26)27)11-20-22-18(24)14-6-4-5-7-15(14)21-19(22)25/h4-12H,3H2,1-2H3,(H,21,25). The Morgan fingerprint density at radius 1 is 1.29 bits per heavy atom. The maximum atomic E-state index is 12.5. The van der Waals surface area contributed by atoms with Crippen molar-refractivity contribution in [3.8, 4) is 5.75 Å². The molecule has 0 saturated carbocycles. The van der Waals surface area contributed by atoms with E-state index in [1.54, 1.807) is 30.3 Å². The van der Waals surface area contributed by atoms with Gasteiger partial charge in [0.2, 0.25) is 0 Å². The Balaban J connectivity index is 2.00. The van der Waals surface area contributed by atoms with Gasteiger partial charge in [0, 0.05) is 11.6 Å². The van der Waals surface area contributed by atoms with E-state index in [1.165, 1.54) is 18.3 Å². The molecule has 1 atom stereocenters. The number of para-hydroxylation sites is 1. The highest BCUT2D eigenvalue weighted by Gasteiger charge is 2.17. The number of hydrogen-bond donors (Lipinski definition) is 1. The Morgan fingerprint density at radius 2 is 2.04 bits per heavy atom. The van der Waals surface area contributed by atoms with Gasteiger partial charge in [0.1, 0.15) is 0 Å². The van der Waals surface area contributed by atoms with Gasteiger partial charge in [-0.2, -0.15) is 5.10 Å². The van der Waals surface area contributed by atoms with Crippen LogP contribution in [0.1, 0.15) is 25.8 Å². The summed E-state index contributed by atoms with van der Waals surface area (Å²) in [5.74, 6) is 0.150. The smallest absolute Gasteiger partial charge is 0.349 e. The van der Waals surface area contributed by atoms with Crippen LogP contribution in [0, 0.1) is 10.1 Å². The van der Waals surface area contributed by atoms with Gasteiger partial charge < -0.3 is 9.72 Å². The van der Waals surface area contributed by atoms with E-state index in [-0.39, 0.29) is 17.5 Å². The molecular weight excluding hydrogens is 364 g/mol. The van der Waals surface area contributed by atoms with Crippen molar-refractivity contribution in [2.24, 2.45) is 5.10 Å². The van der Waals surface area contributed by atoms with Gasteiger partial charge in [-0.05, 0) is 37.6 Å². The predicted molar refractivity (Wildman–Crippen MR) is 105 cm³/mol. The molecule has 1 heterocycles. The average molecular weight is 382 g/mol. The minimum Gasteiger partial charge on any atom is -0.484 e. The van der Waals surface area contributed by atoms with Crippen LogP contribution in [-0.4, -0.2) is 26.9 Å². The van der Waals surface area contributed by atoms with Gasteiger partial charge in [-0.3, -0.25) is 14.9 Å². The summed E-state index contributed by atoms with van der Waals surface area (Å²) in [5, 5.41) is 15.6. The second-order valence-electron chi connectivity index (χ2n) is 6.16.